The van der Waals surface area contributed by atoms with Gasteiger partial charge < -0.3 is 4.42 Å². The maximum atomic E-state index is 11.2. The summed E-state index contributed by atoms with van der Waals surface area (Å²) in [4.78, 5) is 15.5. The van der Waals surface area contributed by atoms with Gasteiger partial charge in [0.25, 0.3) is 0 Å². The lowest BCUT2D eigenvalue weighted by Crippen LogP contribution is -2.33. The molecule has 2 rings (SSSR count). The lowest BCUT2D eigenvalue weighted by Gasteiger charge is -2.03. The summed E-state index contributed by atoms with van der Waals surface area (Å²) in [6.07, 6.45) is 2.17. The Kier molecular flexibility index (Phi) is 3.94. The largest absolute Gasteiger partial charge is 0.441 e. The van der Waals surface area contributed by atoms with Gasteiger partial charge in [0, 0.05) is 20.4 Å². The van der Waals surface area contributed by atoms with E-state index in [0.717, 1.165) is 29.5 Å². The maximum Gasteiger partial charge on any atom is 0.234 e. The second-order valence-electron chi connectivity index (χ2n) is 4.19. The zero-order valence-corrected chi connectivity index (χ0v) is 10.6. The van der Waals surface area contributed by atoms with Crippen LogP contribution in [0, 0.1) is 6.92 Å². The molecule has 2 N–H and O–H groups in total. The van der Waals surface area contributed by atoms with Crippen LogP contribution in [-0.4, -0.2) is 17.9 Å². The first-order valence-electron chi connectivity index (χ1n) is 6.00. The van der Waals surface area contributed by atoms with Crippen LogP contribution < -0.4 is 10.9 Å². The first-order chi connectivity index (χ1) is 8.69. The fraction of sp³-hybridized carbons (Fsp3) is 0.385. The highest BCUT2D eigenvalue weighted by Gasteiger charge is 2.04. The molecule has 0 aliphatic heterocycles. The number of hydrogen-bond donors (Lipinski definition) is 2. The van der Waals surface area contributed by atoms with E-state index in [0.29, 0.717) is 12.3 Å². The van der Waals surface area contributed by atoms with Gasteiger partial charge in [-0.2, -0.15) is 0 Å². The summed E-state index contributed by atoms with van der Waals surface area (Å²) in [6, 6.07) is 5.97. The molecule has 1 amide bonds. The van der Waals surface area contributed by atoms with Gasteiger partial charge in [0.2, 0.25) is 5.91 Å². The molecule has 0 saturated carbocycles. The maximum absolute atomic E-state index is 11.2. The number of carbonyl (C=O) groups excluding carboxylic acids is 1. The number of aromatic nitrogens is 1. The summed E-state index contributed by atoms with van der Waals surface area (Å²) >= 11 is 0. The van der Waals surface area contributed by atoms with E-state index < -0.39 is 0 Å². The van der Waals surface area contributed by atoms with Crippen molar-refractivity contribution in [3.05, 3.63) is 29.7 Å². The predicted molar refractivity (Wildman–Crippen MR) is 68.9 cm³/mol. The third-order valence-electron chi connectivity index (χ3n) is 2.69. The van der Waals surface area contributed by atoms with E-state index in [1.165, 1.54) is 0 Å². The van der Waals surface area contributed by atoms with E-state index in [4.69, 9.17) is 4.42 Å². The average Bonchev–Trinajstić information content (AvgIpc) is 2.69. The monoisotopic (exact) mass is 247 g/mol. The molecule has 0 radical (unpaired) electrons. The minimum Gasteiger partial charge on any atom is -0.441 e. The van der Waals surface area contributed by atoms with Crippen molar-refractivity contribution in [2.24, 2.45) is 0 Å². The van der Waals surface area contributed by atoms with Crippen LogP contribution in [0.3, 0.4) is 0 Å². The van der Waals surface area contributed by atoms with Crippen LogP contribution in [0.15, 0.2) is 22.6 Å². The average molecular weight is 247 g/mol. The van der Waals surface area contributed by atoms with E-state index in [9.17, 15) is 4.79 Å². The number of benzene rings is 1. The zero-order valence-electron chi connectivity index (χ0n) is 10.6. The number of hydrogen-bond acceptors (Lipinski definition) is 4. The third-order valence-corrected chi connectivity index (χ3v) is 2.69. The molecule has 0 bridgehead atoms. The minimum absolute atomic E-state index is 0.00841. The number of amides is 1. The summed E-state index contributed by atoms with van der Waals surface area (Å²) in [5.74, 6) is 0.685. The Morgan fingerprint density at radius 1 is 1.44 bits per heavy atom. The summed E-state index contributed by atoms with van der Waals surface area (Å²) in [5.41, 5.74) is 8.02. The normalized spacial score (nSPS) is 10.8. The van der Waals surface area contributed by atoms with Crippen molar-refractivity contribution in [3.63, 3.8) is 0 Å². The number of rotatable bonds is 5. The molecule has 0 aliphatic rings. The van der Waals surface area contributed by atoms with Gasteiger partial charge in [-0.1, -0.05) is 6.07 Å². The fourth-order valence-corrected chi connectivity index (χ4v) is 1.89. The minimum atomic E-state index is 0.00841. The van der Waals surface area contributed by atoms with Gasteiger partial charge in [-0.15, -0.1) is 0 Å². The molecule has 2 aromatic rings. The van der Waals surface area contributed by atoms with Gasteiger partial charge in [-0.3, -0.25) is 10.2 Å². The van der Waals surface area contributed by atoms with Crippen LogP contribution in [0.1, 0.15) is 24.3 Å². The number of nitrogens with zero attached hydrogens (tertiary/aromatic N) is 1. The van der Waals surface area contributed by atoms with Crippen LogP contribution in [0.5, 0.6) is 0 Å². The van der Waals surface area contributed by atoms with Crippen molar-refractivity contribution in [1.29, 1.82) is 0 Å². The highest BCUT2D eigenvalue weighted by molar-refractivity contribution is 5.75. The van der Waals surface area contributed by atoms with Gasteiger partial charge in [0.1, 0.15) is 5.52 Å². The molecule has 0 unspecified atom stereocenters. The molecule has 0 fully saturated rings. The Labute approximate surface area is 106 Å². The van der Waals surface area contributed by atoms with Crippen LogP contribution in [0.25, 0.3) is 11.1 Å². The Hall–Kier alpha value is -1.88. The van der Waals surface area contributed by atoms with E-state index in [-0.39, 0.29) is 5.91 Å². The molecule has 0 aliphatic carbocycles. The lowest BCUT2D eigenvalue weighted by atomic mass is 10.1. The van der Waals surface area contributed by atoms with Crippen molar-refractivity contribution < 1.29 is 9.21 Å². The molecular weight excluding hydrogens is 230 g/mol. The van der Waals surface area contributed by atoms with E-state index >= 15 is 0 Å². The third kappa shape index (κ3) is 3.07. The molecule has 1 heterocycles. The predicted octanol–water partition coefficient (Wildman–Crippen LogP) is 1.71. The quantitative estimate of drug-likeness (QED) is 0.789. The number of fused-ring (bicyclic) bond motifs is 1. The van der Waals surface area contributed by atoms with E-state index in [1.807, 2.05) is 25.1 Å². The lowest BCUT2D eigenvalue weighted by molar-refractivity contribution is -0.122. The van der Waals surface area contributed by atoms with Crippen LogP contribution in [0.2, 0.25) is 0 Å². The highest BCUT2D eigenvalue weighted by Crippen LogP contribution is 2.17. The summed E-state index contributed by atoms with van der Waals surface area (Å²) in [6.45, 7) is 1.84. The topological polar surface area (TPSA) is 67.2 Å². The first-order valence-corrected chi connectivity index (χ1v) is 6.00. The van der Waals surface area contributed by atoms with Crippen molar-refractivity contribution in [2.45, 2.75) is 26.2 Å². The zero-order chi connectivity index (χ0) is 13.0. The number of nitrogens with one attached hydrogen (secondary N) is 2. The molecule has 5 nitrogen and oxygen atoms in total. The van der Waals surface area contributed by atoms with E-state index in [2.05, 4.69) is 15.8 Å². The van der Waals surface area contributed by atoms with Crippen molar-refractivity contribution >= 4 is 17.0 Å². The SMILES string of the molecule is CNNC(=O)CCCc1ccc2nc(C)oc2c1. The molecule has 0 saturated heterocycles. The Morgan fingerprint density at radius 2 is 2.28 bits per heavy atom. The summed E-state index contributed by atoms with van der Waals surface area (Å²) in [5, 5.41) is 0. The summed E-state index contributed by atoms with van der Waals surface area (Å²) in [7, 11) is 1.68. The summed E-state index contributed by atoms with van der Waals surface area (Å²) < 4.78 is 5.47. The standard InChI is InChI=1S/C13H17N3O2/c1-9-15-11-7-6-10(8-12(11)18-9)4-3-5-13(17)16-14-2/h6-8,14H,3-5H2,1-2H3,(H,16,17). The molecule has 0 spiro atoms. The molecule has 18 heavy (non-hydrogen) atoms. The number of oxazole rings is 1. The van der Waals surface area contributed by atoms with Crippen LogP contribution >= 0.6 is 0 Å². The highest BCUT2D eigenvalue weighted by atomic mass is 16.3. The molecule has 1 aromatic heterocycles. The number of aryl methyl sites for hydroxylation is 2. The number of carbonyl (C=O) groups is 1. The smallest absolute Gasteiger partial charge is 0.234 e. The number of hydrazine groups is 1. The van der Waals surface area contributed by atoms with Crippen LogP contribution in [-0.2, 0) is 11.2 Å². The molecule has 5 heteroatoms. The Bertz CT molecular complexity index is 548. The van der Waals surface area contributed by atoms with Crippen LogP contribution in [0.4, 0.5) is 0 Å². The Balaban J connectivity index is 1.93. The second kappa shape index (κ2) is 5.64. The van der Waals surface area contributed by atoms with Gasteiger partial charge >= 0.3 is 0 Å². The molecule has 0 atom stereocenters. The van der Waals surface area contributed by atoms with Crippen molar-refractivity contribution in [3.8, 4) is 0 Å². The van der Waals surface area contributed by atoms with E-state index in [1.54, 1.807) is 7.05 Å². The second-order valence-corrected chi connectivity index (χ2v) is 4.19. The molecule has 96 valence electrons. The van der Waals surface area contributed by atoms with Gasteiger partial charge in [0.05, 0.1) is 0 Å². The molecule has 1 aromatic carbocycles. The van der Waals surface area contributed by atoms with Gasteiger partial charge in [0.15, 0.2) is 11.5 Å². The van der Waals surface area contributed by atoms with Gasteiger partial charge in [-0.25, -0.2) is 10.4 Å². The Morgan fingerprint density at radius 3 is 3.06 bits per heavy atom. The van der Waals surface area contributed by atoms with Gasteiger partial charge in [-0.05, 0) is 30.5 Å². The first kappa shape index (κ1) is 12.6. The fourth-order valence-electron chi connectivity index (χ4n) is 1.89. The van der Waals surface area contributed by atoms with Crippen molar-refractivity contribution in [1.82, 2.24) is 15.8 Å². The molecular formula is C13H17N3O2. The van der Waals surface area contributed by atoms with Crippen molar-refractivity contribution in [2.75, 3.05) is 7.05 Å².